The first-order valence-electron chi connectivity index (χ1n) is 6.62. The van der Waals surface area contributed by atoms with Gasteiger partial charge in [-0.25, -0.2) is 0 Å². The molecular formula is C14H24. The second-order valence-electron chi connectivity index (χ2n) is 5.07. The van der Waals surface area contributed by atoms with Gasteiger partial charge in [-0.15, -0.1) is 0 Å². The monoisotopic (exact) mass is 192 g/mol. The lowest BCUT2D eigenvalue weighted by Crippen LogP contribution is -2.02. The molecule has 0 amide bonds. The van der Waals surface area contributed by atoms with Crippen LogP contribution in [-0.2, 0) is 0 Å². The molecule has 1 atom stereocenters. The Morgan fingerprint density at radius 2 is 1.93 bits per heavy atom. The van der Waals surface area contributed by atoms with Crippen LogP contribution in [0, 0.1) is 5.92 Å². The predicted molar refractivity (Wildman–Crippen MR) is 62.4 cm³/mol. The molecule has 0 radical (unpaired) electrons. The molecule has 80 valence electrons. The number of allylic oxidation sites excluding steroid dienone is 2. The second kappa shape index (κ2) is 5.00. The Bertz CT molecular complexity index is 212. The molecule has 0 nitrogen and oxygen atoms in total. The molecule has 2 aliphatic rings. The van der Waals surface area contributed by atoms with Crippen molar-refractivity contribution in [2.45, 2.75) is 71.1 Å². The second-order valence-corrected chi connectivity index (χ2v) is 5.07. The van der Waals surface area contributed by atoms with E-state index in [9.17, 15) is 0 Å². The average Bonchev–Trinajstić information content (AvgIpc) is 2.58. The zero-order chi connectivity index (χ0) is 9.80. The van der Waals surface area contributed by atoms with E-state index in [-0.39, 0.29) is 0 Å². The number of unbranched alkanes of at least 4 members (excludes halogenated alkanes) is 1. The molecule has 1 unspecified atom stereocenters. The van der Waals surface area contributed by atoms with E-state index >= 15 is 0 Å². The molecule has 0 saturated heterocycles. The van der Waals surface area contributed by atoms with Crippen molar-refractivity contribution >= 4 is 0 Å². The van der Waals surface area contributed by atoms with Crippen molar-refractivity contribution in [3.63, 3.8) is 0 Å². The normalized spacial score (nSPS) is 27.6. The lowest BCUT2D eigenvalue weighted by Gasteiger charge is -2.17. The molecule has 0 aromatic carbocycles. The van der Waals surface area contributed by atoms with Gasteiger partial charge in [0, 0.05) is 0 Å². The Morgan fingerprint density at radius 3 is 2.79 bits per heavy atom. The van der Waals surface area contributed by atoms with E-state index in [0.717, 1.165) is 5.92 Å². The van der Waals surface area contributed by atoms with Crippen molar-refractivity contribution in [3.05, 3.63) is 11.1 Å². The van der Waals surface area contributed by atoms with Crippen LogP contribution >= 0.6 is 0 Å². The third kappa shape index (κ3) is 2.21. The molecule has 0 spiro atoms. The molecule has 0 aromatic rings. The van der Waals surface area contributed by atoms with Crippen LogP contribution < -0.4 is 0 Å². The SMILES string of the molecule is CCCCC1CCCCC2=C1CCC2. The van der Waals surface area contributed by atoms with Crippen molar-refractivity contribution < 1.29 is 0 Å². The van der Waals surface area contributed by atoms with E-state index in [4.69, 9.17) is 0 Å². The number of hydrogen-bond acceptors (Lipinski definition) is 0. The maximum atomic E-state index is 2.32. The summed E-state index contributed by atoms with van der Waals surface area (Å²) in [4.78, 5) is 0. The van der Waals surface area contributed by atoms with Gasteiger partial charge in [-0.1, -0.05) is 37.3 Å². The summed E-state index contributed by atoms with van der Waals surface area (Å²) in [5, 5.41) is 0. The maximum Gasteiger partial charge on any atom is -0.0201 e. The molecule has 0 fully saturated rings. The molecule has 0 saturated carbocycles. The van der Waals surface area contributed by atoms with Crippen LogP contribution in [0.15, 0.2) is 11.1 Å². The minimum atomic E-state index is 0.995. The Hall–Kier alpha value is -0.260. The minimum absolute atomic E-state index is 0.995. The summed E-state index contributed by atoms with van der Waals surface area (Å²) in [6, 6.07) is 0. The van der Waals surface area contributed by atoms with E-state index in [1.807, 2.05) is 11.1 Å². The zero-order valence-electron chi connectivity index (χ0n) is 9.65. The van der Waals surface area contributed by atoms with E-state index in [1.165, 1.54) is 64.2 Å². The molecule has 0 aliphatic heterocycles. The fraction of sp³-hybridized carbons (Fsp3) is 0.857. The number of hydrogen-bond donors (Lipinski definition) is 0. The maximum absolute atomic E-state index is 2.32. The van der Waals surface area contributed by atoms with Crippen LogP contribution in [-0.4, -0.2) is 0 Å². The van der Waals surface area contributed by atoms with E-state index in [1.54, 1.807) is 0 Å². The molecule has 2 aliphatic carbocycles. The highest BCUT2D eigenvalue weighted by Gasteiger charge is 2.23. The zero-order valence-corrected chi connectivity index (χ0v) is 9.65. The summed E-state index contributed by atoms with van der Waals surface area (Å²) in [7, 11) is 0. The van der Waals surface area contributed by atoms with Crippen LogP contribution in [0.1, 0.15) is 71.1 Å². The summed E-state index contributed by atoms with van der Waals surface area (Å²) >= 11 is 0. The fourth-order valence-electron chi connectivity index (χ4n) is 3.28. The highest BCUT2D eigenvalue weighted by Crippen LogP contribution is 2.41. The average molecular weight is 192 g/mol. The summed E-state index contributed by atoms with van der Waals surface area (Å²) in [6.45, 7) is 2.32. The van der Waals surface area contributed by atoms with Gasteiger partial charge in [-0.2, -0.15) is 0 Å². The van der Waals surface area contributed by atoms with Crippen molar-refractivity contribution in [1.29, 1.82) is 0 Å². The van der Waals surface area contributed by atoms with Gasteiger partial charge >= 0.3 is 0 Å². The predicted octanol–water partition coefficient (Wildman–Crippen LogP) is 4.85. The van der Waals surface area contributed by atoms with Crippen molar-refractivity contribution in [2.24, 2.45) is 5.92 Å². The summed E-state index contributed by atoms with van der Waals surface area (Å²) in [5.41, 5.74) is 3.79. The lowest BCUT2D eigenvalue weighted by molar-refractivity contribution is 0.473. The van der Waals surface area contributed by atoms with Crippen LogP contribution in [0.25, 0.3) is 0 Å². The highest BCUT2D eigenvalue weighted by atomic mass is 14.3. The third-order valence-electron chi connectivity index (χ3n) is 4.06. The van der Waals surface area contributed by atoms with Gasteiger partial charge in [0.2, 0.25) is 0 Å². The smallest absolute Gasteiger partial charge is 0.0201 e. The van der Waals surface area contributed by atoms with Gasteiger partial charge in [-0.3, -0.25) is 0 Å². The molecule has 0 heteroatoms. The van der Waals surface area contributed by atoms with Crippen LogP contribution in [0.2, 0.25) is 0 Å². The Balaban J connectivity index is 2.01. The lowest BCUT2D eigenvalue weighted by atomic mass is 9.89. The van der Waals surface area contributed by atoms with Crippen molar-refractivity contribution in [2.75, 3.05) is 0 Å². The first kappa shape index (κ1) is 10.3. The molecule has 2 rings (SSSR count). The van der Waals surface area contributed by atoms with E-state index in [2.05, 4.69) is 6.92 Å². The molecule has 0 bridgehead atoms. The van der Waals surface area contributed by atoms with Gasteiger partial charge in [0.25, 0.3) is 0 Å². The molecule has 0 heterocycles. The van der Waals surface area contributed by atoms with Crippen LogP contribution in [0.4, 0.5) is 0 Å². The van der Waals surface area contributed by atoms with Crippen LogP contribution in [0.5, 0.6) is 0 Å². The first-order chi connectivity index (χ1) is 6.92. The van der Waals surface area contributed by atoms with Crippen molar-refractivity contribution in [3.8, 4) is 0 Å². The van der Waals surface area contributed by atoms with Gasteiger partial charge in [0.1, 0.15) is 0 Å². The molecule has 0 aromatic heterocycles. The summed E-state index contributed by atoms with van der Waals surface area (Å²) in [5.74, 6) is 0.995. The van der Waals surface area contributed by atoms with Gasteiger partial charge in [0.05, 0.1) is 0 Å². The fourth-order valence-corrected chi connectivity index (χ4v) is 3.28. The quantitative estimate of drug-likeness (QED) is 0.561. The molecule has 14 heavy (non-hydrogen) atoms. The molecule has 0 N–H and O–H groups in total. The number of rotatable bonds is 3. The largest absolute Gasteiger partial charge is 0.0707 e. The summed E-state index contributed by atoms with van der Waals surface area (Å²) < 4.78 is 0. The third-order valence-corrected chi connectivity index (χ3v) is 4.06. The van der Waals surface area contributed by atoms with Gasteiger partial charge < -0.3 is 0 Å². The summed E-state index contributed by atoms with van der Waals surface area (Å²) in [6.07, 6.45) is 14.6. The Morgan fingerprint density at radius 1 is 1.07 bits per heavy atom. The standard InChI is InChI=1S/C14H24/c1-2-3-7-12-8-4-5-9-13-10-6-11-14(12)13/h12H,2-11H2,1H3. The van der Waals surface area contributed by atoms with Crippen LogP contribution in [0.3, 0.4) is 0 Å². The minimum Gasteiger partial charge on any atom is -0.0707 e. The molecular weight excluding hydrogens is 168 g/mol. The topological polar surface area (TPSA) is 0 Å². The first-order valence-corrected chi connectivity index (χ1v) is 6.62. The van der Waals surface area contributed by atoms with E-state index < -0.39 is 0 Å². The highest BCUT2D eigenvalue weighted by molar-refractivity contribution is 5.23. The Kier molecular flexibility index (Phi) is 3.67. The van der Waals surface area contributed by atoms with Gasteiger partial charge in [-0.05, 0) is 50.9 Å². The van der Waals surface area contributed by atoms with E-state index in [0.29, 0.717) is 0 Å². The van der Waals surface area contributed by atoms with Gasteiger partial charge in [0.15, 0.2) is 0 Å². The Labute approximate surface area is 88.8 Å². The van der Waals surface area contributed by atoms with Crippen molar-refractivity contribution in [1.82, 2.24) is 0 Å².